The smallest absolute Gasteiger partial charge is 0.310 e. The van der Waals surface area contributed by atoms with Crippen molar-refractivity contribution in [2.24, 2.45) is 5.92 Å². The highest BCUT2D eigenvalue weighted by Gasteiger charge is 2.33. The number of rotatable bonds is 2. The molecular formula is C10H12N2O2. The standard InChI is InChI=1S/C10H12N2O2/c11-8-3-1-2-4-9(8)12-5-7(6-12)10(13)14/h1-4,7H,5-6,11H2,(H,13,14). The number of carboxylic acid groups (broad SMARTS) is 1. The van der Waals surface area contributed by atoms with E-state index in [0.717, 1.165) is 5.69 Å². The maximum absolute atomic E-state index is 10.6. The first kappa shape index (κ1) is 8.87. The van der Waals surface area contributed by atoms with Gasteiger partial charge in [0.15, 0.2) is 0 Å². The Kier molecular flexibility index (Phi) is 2.04. The summed E-state index contributed by atoms with van der Waals surface area (Å²) in [6.07, 6.45) is 0. The molecule has 0 amide bonds. The van der Waals surface area contributed by atoms with E-state index in [9.17, 15) is 4.79 Å². The number of nitrogens with zero attached hydrogens (tertiary/aromatic N) is 1. The zero-order valence-corrected chi connectivity index (χ0v) is 7.68. The zero-order chi connectivity index (χ0) is 10.1. The molecular weight excluding hydrogens is 180 g/mol. The number of carbonyl (C=O) groups is 1. The Labute approximate surface area is 81.9 Å². The first-order valence-corrected chi connectivity index (χ1v) is 4.50. The van der Waals surface area contributed by atoms with Crippen molar-refractivity contribution in [3.05, 3.63) is 24.3 Å². The summed E-state index contributed by atoms with van der Waals surface area (Å²) in [4.78, 5) is 12.6. The van der Waals surface area contributed by atoms with Gasteiger partial charge >= 0.3 is 5.97 Å². The summed E-state index contributed by atoms with van der Waals surface area (Å²) in [6.45, 7) is 1.12. The van der Waals surface area contributed by atoms with E-state index in [1.165, 1.54) is 0 Å². The van der Waals surface area contributed by atoms with Gasteiger partial charge in [0.05, 0.1) is 17.3 Å². The van der Waals surface area contributed by atoms with Gasteiger partial charge in [-0.05, 0) is 12.1 Å². The number of nitrogens with two attached hydrogens (primary N) is 1. The predicted molar refractivity (Wildman–Crippen MR) is 54.2 cm³/mol. The van der Waals surface area contributed by atoms with E-state index >= 15 is 0 Å². The SMILES string of the molecule is Nc1ccccc1N1CC(C(=O)O)C1. The first-order valence-electron chi connectivity index (χ1n) is 4.50. The van der Waals surface area contributed by atoms with E-state index in [4.69, 9.17) is 10.8 Å². The van der Waals surface area contributed by atoms with Gasteiger partial charge in [0.2, 0.25) is 0 Å². The molecule has 0 spiro atoms. The van der Waals surface area contributed by atoms with Gasteiger partial charge in [0.1, 0.15) is 0 Å². The second-order valence-corrected chi connectivity index (χ2v) is 3.50. The number of nitrogen functional groups attached to an aromatic ring is 1. The van der Waals surface area contributed by atoms with Crippen molar-refractivity contribution in [2.45, 2.75) is 0 Å². The number of hydrogen-bond acceptors (Lipinski definition) is 3. The fraction of sp³-hybridized carbons (Fsp3) is 0.300. The van der Waals surface area contributed by atoms with Crippen molar-refractivity contribution < 1.29 is 9.90 Å². The maximum Gasteiger partial charge on any atom is 0.310 e. The molecule has 4 nitrogen and oxygen atoms in total. The van der Waals surface area contributed by atoms with Gasteiger partial charge < -0.3 is 15.7 Å². The summed E-state index contributed by atoms with van der Waals surface area (Å²) in [5.74, 6) is -0.967. The molecule has 0 atom stereocenters. The Morgan fingerprint density at radius 1 is 1.43 bits per heavy atom. The predicted octanol–water partition coefficient (Wildman–Crippen LogP) is 0.790. The van der Waals surface area contributed by atoms with Crippen molar-refractivity contribution in [3.8, 4) is 0 Å². The van der Waals surface area contributed by atoms with E-state index in [0.29, 0.717) is 18.8 Å². The molecule has 3 N–H and O–H groups in total. The lowest BCUT2D eigenvalue weighted by Gasteiger charge is -2.39. The van der Waals surface area contributed by atoms with Crippen LogP contribution >= 0.6 is 0 Å². The van der Waals surface area contributed by atoms with Crippen LogP contribution in [0.25, 0.3) is 0 Å². The van der Waals surface area contributed by atoms with Crippen LogP contribution in [0, 0.1) is 5.92 Å². The van der Waals surface area contributed by atoms with Crippen molar-refractivity contribution in [1.82, 2.24) is 0 Å². The van der Waals surface area contributed by atoms with Gasteiger partial charge in [0, 0.05) is 13.1 Å². The molecule has 0 aliphatic carbocycles. The van der Waals surface area contributed by atoms with Crippen molar-refractivity contribution in [1.29, 1.82) is 0 Å². The third kappa shape index (κ3) is 1.39. The lowest BCUT2D eigenvalue weighted by Crippen LogP contribution is -2.50. The highest BCUT2D eigenvalue weighted by molar-refractivity contribution is 5.77. The zero-order valence-electron chi connectivity index (χ0n) is 7.68. The van der Waals surface area contributed by atoms with Crippen LogP contribution in [0.2, 0.25) is 0 Å². The minimum atomic E-state index is -0.726. The Morgan fingerprint density at radius 3 is 2.64 bits per heavy atom. The number of aliphatic carboxylic acids is 1. The Hall–Kier alpha value is -1.71. The van der Waals surface area contributed by atoms with E-state index in [1.807, 2.05) is 29.2 Å². The average molecular weight is 192 g/mol. The fourth-order valence-corrected chi connectivity index (χ4v) is 1.61. The van der Waals surface area contributed by atoms with Crippen LogP contribution in [0.4, 0.5) is 11.4 Å². The van der Waals surface area contributed by atoms with E-state index in [2.05, 4.69) is 0 Å². The van der Waals surface area contributed by atoms with Crippen molar-refractivity contribution in [2.75, 3.05) is 23.7 Å². The molecule has 2 rings (SSSR count). The molecule has 14 heavy (non-hydrogen) atoms. The largest absolute Gasteiger partial charge is 0.481 e. The molecule has 1 aliphatic rings. The number of para-hydroxylation sites is 2. The van der Waals surface area contributed by atoms with Gasteiger partial charge in [-0.15, -0.1) is 0 Å². The molecule has 0 radical (unpaired) electrons. The Balaban J connectivity index is 2.07. The molecule has 1 aromatic rings. The summed E-state index contributed by atoms with van der Waals surface area (Å²) in [5, 5.41) is 8.71. The van der Waals surface area contributed by atoms with Crippen LogP contribution in [-0.2, 0) is 4.79 Å². The minimum absolute atomic E-state index is 0.241. The molecule has 1 aromatic carbocycles. The molecule has 0 saturated carbocycles. The molecule has 4 heteroatoms. The lowest BCUT2D eigenvalue weighted by molar-refractivity contribution is -0.142. The van der Waals surface area contributed by atoms with Gasteiger partial charge in [-0.25, -0.2) is 0 Å². The van der Waals surface area contributed by atoms with Crippen LogP contribution in [0.3, 0.4) is 0 Å². The van der Waals surface area contributed by atoms with Crippen LogP contribution in [-0.4, -0.2) is 24.2 Å². The summed E-state index contributed by atoms with van der Waals surface area (Å²) in [5.41, 5.74) is 7.40. The van der Waals surface area contributed by atoms with Gasteiger partial charge in [-0.3, -0.25) is 4.79 Å². The molecule has 1 fully saturated rings. The first-order chi connectivity index (χ1) is 6.68. The Morgan fingerprint density at radius 2 is 2.07 bits per heavy atom. The molecule has 1 saturated heterocycles. The quantitative estimate of drug-likeness (QED) is 0.680. The molecule has 1 heterocycles. The van der Waals surface area contributed by atoms with Crippen LogP contribution in [0.5, 0.6) is 0 Å². The normalized spacial score (nSPS) is 16.4. The Bertz CT molecular complexity index is 359. The van der Waals surface area contributed by atoms with Crippen molar-refractivity contribution in [3.63, 3.8) is 0 Å². The van der Waals surface area contributed by atoms with Crippen LogP contribution in [0.15, 0.2) is 24.3 Å². The third-order valence-electron chi connectivity index (χ3n) is 2.51. The second-order valence-electron chi connectivity index (χ2n) is 3.50. The summed E-state index contributed by atoms with van der Waals surface area (Å²) >= 11 is 0. The van der Waals surface area contributed by atoms with Gasteiger partial charge in [-0.2, -0.15) is 0 Å². The molecule has 0 aromatic heterocycles. The molecule has 0 unspecified atom stereocenters. The number of carboxylic acids is 1. The highest BCUT2D eigenvalue weighted by Crippen LogP contribution is 2.29. The van der Waals surface area contributed by atoms with Gasteiger partial charge in [-0.1, -0.05) is 12.1 Å². The summed E-state index contributed by atoms with van der Waals surface area (Å²) < 4.78 is 0. The lowest BCUT2D eigenvalue weighted by atomic mass is 9.99. The van der Waals surface area contributed by atoms with E-state index in [-0.39, 0.29) is 5.92 Å². The fourth-order valence-electron chi connectivity index (χ4n) is 1.61. The summed E-state index contributed by atoms with van der Waals surface area (Å²) in [6, 6.07) is 7.50. The summed E-state index contributed by atoms with van der Waals surface area (Å²) in [7, 11) is 0. The third-order valence-corrected chi connectivity index (χ3v) is 2.51. The topological polar surface area (TPSA) is 66.6 Å². The molecule has 74 valence electrons. The number of benzene rings is 1. The average Bonchev–Trinajstić information content (AvgIpc) is 2.05. The monoisotopic (exact) mass is 192 g/mol. The minimum Gasteiger partial charge on any atom is -0.481 e. The van der Waals surface area contributed by atoms with E-state index in [1.54, 1.807) is 0 Å². The second kappa shape index (κ2) is 3.21. The highest BCUT2D eigenvalue weighted by atomic mass is 16.4. The van der Waals surface area contributed by atoms with Crippen molar-refractivity contribution >= 4 is 17.3 Å². The van der Waals surface area contributed by atoms with Gasteiger partial charge in [0.25, 0.3) is 0 Å². The number of hydrogen-bond donors (Lipinski definition) is 2. The maximum atomic E-state index is 10.6. The molecule has 0 bridgehead atoms. The van der Waals surface area contributed by atoms with E-state index < -0.39 is 5.97 Å². The van der Waals surface area contributed by atoms with Crippen LogP contribution < -0.4 is 10.6 Å². The number of anilines is 2. The van der Waals surface area contributed by atoms with Crippen LogP contribution in [0.1, 0.15) is 0 Å². The molecule has 1 aliphatic heterocycles.